The van der Waals surface area contributed by atoms with Gasteiger partial charge >= 0.3 is 0 Å². The first-order valence-corrected chi connectivity index (χ1v) is 2.22. The number of nitroso groups, excluding NO2 is 1. The van der Waals surface area contributed by atoms with Crippen LogP contribution in [0.3, 0.4) is 0 Å². The fourth-order valence-corrected chi connectivity index (χ4v) is 0.825. The van der Waals surface area contributed by atoms with Crippen LogP contribution >= 0.6 is 0 Å². The zero-order chi connectivity index (χ0) is 4.20. The van der Waals surface area contributed by atoms with E-state index < -0.39 is 0 Å². The lowest BCUT2D eigenvalue weighted by molar-refractivity contribution is 0.798. The molecule has 0 unspecified atom stereocenters. The van der Waals surface area contributed by atoms with E-state index in [2.05, 4.69) is 5.18 Å². The first kappa shape index (κ1) is 2.72. The van der Waals surface area contributed by atoms with Crippen molar-refractivity contribution in [1.82, 2.24) is 0 Å². The summed E-state index contributed by atoms with van der Waals surface area (Å²) in [5.41, 5.74) is 0.0278. The van der Waals surface area contributed by atoms with E-state index in [1.54, 1.807) is 0 Å². The van der Waals surface area contributed by atoms with Crippen LogP contribution in [0.25, 0.3) is 0 Å². The molecule has 0 amide bonds. The minimum Gasteiger partial charge on any atom is -0.150 e. The second-order valence-electron chi connectivity index (χ2n) is 2.30. The van der Waals surface area contributed by atoms with Crippen molar-refractivity contribution >= 4 is 0 Å². The third-order valence-electron chi connectivity index (χ3n) is 1.82. The summed E-state index contributed by atoms with van der Waals surface area (Å²) in [7, 11) is 0. The highest BCUT2D eigenvalue weighted by Crippen LogP contribution is 2.69. The van der Waals surface area contributed by atoms with Crippen LogP contribution in [0.4, 0.5) is 0 Å². The second-order valence-corrected chi connectivity index (χ2v) is 2.30. The van der Waals surface area contributed by atoms with E-state index in [0.717, 1.165) is 18.8 Å². The Kier molecular flexibility index (Phi) is 0.201. The van der Waals surface area contributed by atoms with Crippen molar-refractivity contribution in [3.05, 3.63) is 4.91 Å². The molecule has 0 aromatic rings. The summed E-state index contributed by atoms with van der Waals surface area (Å²) < 4.78 is 0. The molecule has 2 nitrogen and oxygen atoms in total. The fraction of sp³-hybridized carbons (Fsp3) is 1.00. The molecule has 0 spiro atoms. The van der Waals surface area contributed by atoms with Crippen molar-refractivity contribution in [3.8, 4) is 0 Å². The number of fused-ring (bicyclic) bond motifs is 1. The summed E-state index contributed by atoms with van der Waals surface area (Å²) in [6.45, 7) is 0. The van der Waals surface area contributed by atoms with Crippen molar-refractivity contribution in [2.75, 3.05) is 0 Å². The Morgan fingerprint density at radius 3 is 2.17 bits per heavy atom. The van der Waals surface area contributed by atoms with Gasteiger partial charge in [0, 0.05) is 0 Å². The summed E-state index contributed by atoms with van der Waals surface area (Å²) in [6, 6.07) is 0. The van der Waals surface area contributed by atoms with Crippen molar-refractivity contribution in [1.29, 1.82) is 0 Å². The number of hydrogen-bond acceptors (Lipinski definition) is 2. The van der Waals surface area contributed by atoms with Crippen LogP contribution in [0.1, 0.15) is 12.8 Å². The summed E-state index contributed by atoms with van der Waals surface area (Å²) in [4.78, 5) is 9.68. The van der Waals surface area contributed by atoms with Gasteiger partial charge in [0.15, 0.2) is 0 Å². The van der Waals surface area contributed by atoms with Gasteiger partial charge in [0.25, 0.3) is 0 Å². The Bertz CT molecular complexity index is 104. The maximum absolute atomic E-state index is 9.68. The molecule has 2 fully saturated rings. The van der Waals surface area contributed by atoms with Crippen molar-refractivity contribution in [3.63, 3.8) is 0 Å². The lowest BCUT2D eigenvalue weighted by atomic mass is 10.4. The average molecular weight is 83.1 g/mol. The normalized spacial score (nSPS) is 59.7. The van der Waals surface area contributed by atoms with Gasteiger partial charge in [-0.3, -0.25) is 0 Å². The molecule has 6 heavy (non-hydrogen) atoms. The van der Waals surface area contributed by atoms with E-state index in [1.165, 1.54) is 0 Å². The van der Waals surface area contributed by atoms with E-state index >= 15 is 0 Å². The summed E-state index contributed by atoms with van der Waals surface area (Å²) in [6.07, 6.45) is 2.19. The minimum absolute atomic E-state index is 0.0278. The molecule has 0 heterocycles. The van der Waals surface area contributed by atoms with E-state index in [1.807, 2.05) is 0 Å². The van der Waals surface area contributed by atoms with Crippen LogP contribution < -0.4 is 0 Å². The molecule has 2 aliphatic rings. The average Bonchev–Trinajstić information content (AvgIpc) is 2.12. The largest absolute Gasteiger partial charge is 0.150 e. The SMILES string of the molecule is O=NC12CC1C2. The lowest BCUT2D eigenvalue weighted by Gasteiger charge is -1.77. The highest BCUT2D eigenvalue weighted by Gasteiger charge is 2.72. The van der Waals surface area contributed by atoms with Gasteiger partial charge in [-0.15, -0.1) is 0 Å². The van der Waals surface area contributed by atoms with E-state index in [9.17, 15) is 4.91 Å². The van der Waals surface area contributed by atoms with Crippen molar-refractivity contribution < 1.29 is 0 Å². The zero-order valence-electron chi connectivity index (χ0n) is 3.35. The topological polar surface area (TPSA) is 29.4 Å². The van der Waals surface area contributed by atoms with Gasteiger partial charge in [-0.05, 0) is 18.8 Å². The van der Waals surface area contributed by atoms with Crippen LogP contribution in [0.2, 0.25) is 0 Å². The minimum atomic E-state index is 0.0278. The zero-order valence-corrected chi connectivity index (χ0v) is 3.35. The predicted octanol–water partition coefficient (Wildman–Crippen LogP) is 0.915. The molecule has 0 N–H and O–H groups in total. The van der Waals surface area contributed by atoms with Gasteiger partial charge in [-0.2, -0.15) is 4.91 Å². The molecule has 0 radical (unpaired) electrons. The molecule has 0 aromatic heterocycles. The Labute approximate surface area is 35.5 Å². The fourth-order valence-electron chi connectivity index (χ4n) is 0.825. The second kappa shape index (κ2) is 0.443. The number of hydrogen-bond donors (Lipinski definition) is 0. The standard InChI is InChI=1S/C4H5NO/c6-5-4-1-3(4)2-4/h3H,1-2H2. The molecular weight excluding hydrogens is 78.0 g/mol. The number of nitrogens with zero attached hydrogens (tertiary/aromatic N) is 1. The molecule has 0 aromatic carbocycles. The van der Waals surface area contributed by atoms with Gasteiger partial charge in [-0.1, -0.05) is 5.18 Å². The molecule has 0 saturated heterocycles. The molecular formula is C4H5NO. The first-order valence-electron chi connectivity index (χ1n) is 2.22. The first-order chi connectivity index (χ1) is 2.87. The highest BCUT2D eigenvalue weighted by molar-refractivity contribution is 5.26. The molecule has 0 bridgehead atoms. The Hall–Kier alpha value is -0.400. The lowest BCUT2D eigenvalue weighted by Crippen LogP contribution is -1.81. The van der Waals surface area contributed by atoms with Gasteiger partial charge < -0.3 is 0 Å². The molecule has 2 rings (SSSR count). The Morgan fingerprint density at radius 2 is 2.17 bits per heavy atom. The van der Waals surface area contributed by atoms with Crippen LogP contribution in [0.15, 0.2) is 5.18 Å². The Morgan fingerprint density at radius 1 is 1.67 bits per heavy atom. The van der Waals surface area contributed by atoms with E-state index in [-0.39, 0.29) is 5.54 Å². The molecule has 32 valence electrons. The summed E-state index contributed by atoms with van der Waals surface area (Å²) in [5.74, 6) is 0.731. The molecule has 2 aliphatic carbocycles. The van der Waals surface area contributed by atoms with Crippen molar-refractivity contribution in [2.24, 2.45) is 11.1 Å². The van der Waals surface area contributed by atoms with Crippen LogP contribution in [0.5, 0.6) is 0 Å². The van der Waals surface area contributed by atoms with Gasteiger partial charge in [0.1, 0.15) is 5.54 Å². The third kappa shape index (κ3) is 0.114. The van der Waals surface area contributed by atoms with Crippen molar-refractivity contribution in [2.45, 2.75) is 18.4 Å². The quantitative estimate of drug-likeness (QED) is 0.433. The van der Waals surface area contributed by atoms with E-state index in [0.29, 0.717) is 0 Å². The number of rotatable bonds is 1. The van der Waals surface area contributed by atoms with E-state index in [4.69, 9.17) is 0 Å². The van der Waals surface area contributed by atoms with Crippen LogP contribution in [-0.2, 0) is 0 Å². The van der Waals surface area contributed by atoms with Gasteiger partial charge in [0.05, 0.1) is 0 Å². The molecule has 0 aliphatic heterocycles. The molecule has 2 saturated carbocycles. The summed E-state index contributed by atoms with van der Waals surface area (Å²) in [5, 5.41) is 2.96. The summed E-state index contributed by atoms with van der Waals surface area (Å²) >= 11 is 0. The van der Waals surface area contributed by atoms with Crippen LogP contribution in [0, 0.1) is 10.8 Å². The maximum Gasteiger partial charge on any atom is 0.106 e. The molecule has 2 heteroatoms. The third-order valence-corrected chi connectivity index (χ3v) is 1.82. The van der Waals surface area contributed by atoms with Gasteiger partial charge in [0.2, 0.25) is 0 Å². The highest BCUT2D eigenvalue weighted by atomic mass is 16.3. The smallest absolute Gasteiger partial charge is 0.106 e. The van der Waals surface area contributed by atoms with Gasteiger partial charge in [-0.25, -0.2) is 0 Å². The molecule has 0 atom stereocenters. The Balaban J connectivity index is 2.27. The van der Waals surface area contributed by atoms with Crippen LogP contribution in [-0.4, -0.2) is 5.54 Å². The predicted molar refractivity (Wildman–Crippen MR) is 21.2 cm³/mol. The monoisotopic (exact) mass is 83.0 g/mol. The maximum atomic E-state index is 9.68.